The molecule has 3 amide bonds. The number of benzene rings is 2. The highest BCUT2D eigenvalue weighted by Gasteiger charge is 2.67. The molecule has 52 heavy (non-hydrogen) atoms. The lowest BCUT2D eigenvalue weighted by molar-refractivity contribution is -0.149. The van der Waals surface area contributed by atoms with Gasteiger partial charge in [-0.3, -0.25) is 14.4 Å². The number of rotatable bonds is 13. The lowest BCUT2D eigenvalue weighted by Crippen LogP contribution is -2.45. The molecule has 5 rings (SSSR count). The van der Waals surface area contributed by atoms with Crippen molar-refractivity contribution in [1.82, 2.24) is 4.90 Å². The Balaban J connectivity index is 1.54. The molecule has 10 heteroatoms. The van der Waals surface area contributed by atoms with Gasteiger partial charge in [0.25, 0.3) is 5.91 Å². The van der Waals surface area contributed by atoms with E-state index in [-0.39, 0.29) is 37.3 Å². The summed E-state index contributed by atoms with van der Waals surface area (Å²) in [5.41, 5.74) is 3.23. The van der Waals surface area contributed by atoms with Crippen molar-refractivity contribution in [3.05, 3.63) is 83.0 Å². The smallest absolute Gasteiger partial charge is 0.264 e. The van der Waals surface area contributed by atoms with Crippen LogP contribution in [0.2, 0.25) is 18.6 Å². The molecule has 1 spiro atoms. The molecule has 0 unspecified atom stereocenters. The first-order valence-electron chi connectivity index (χ1n) is 19.1. The van der Waals surface area contributed by atoms with Gasteiger partial charge in [0.05, 0.1) is 24.8 Å². The van der Waals surface area contributed by atoms with Crippen LogP contribution < -0.4 is 9.80 Å². The number of hydrogen-bond donors (Lipinski definition) is 1. The zero-order valence-electron chi connectivity index (χ0n) is 32.0. The Bertz CT molecular complexity index is 1650. The van der Waals surface area contributed by atoms with Gasteiger partial charge in [-0.15, -0.1) is 0 Å². The second-order valence-electron chi connectivity index (χ2n) is 15.7. The molecule has 3 aliphatic heterocycles. The van der Waals surface area contributed by atoms with E-state index < -0.39 is 31.6 Å². The van der Waals surface area contributed by atoms with E-state index >= 15 is 4.11 Å². The first kappa shape index (κ1) is 39.6. The Hall–Kier alpha value is -3.60. The number of carbonyl (C=O) groups excluding carboxylic acids is 3. The van der Waals surface area contributed by atoms with Crippen LogP contribution in [0, 0.1) is 5.92 Å². The van der Waals surface area contributed by atoms with E-state index in [1.165, 1.54) is 5.57 Å². The monoisotopic (exact) mass is 731 g/mol. The van der Waals surface area contributed by atoms with Crippen molar-refractivity contribution in [2.45, 2.75) is 116 Å². The van der Waals surface area contributed by atoms with Gasteiger partial charge < -0.3 is 28.7 Å². The average molecular weight is 732 g/mol. The van der Waals surface area contributed by atoms with E-state index in [2.05, 4.69) is 32.9 Å². The second-order valence-corrected chi connectivity index (χ2v) is 19.5. The summed E-state index contributed by atoms with van der Waals surface area (Å²) >= 11 is 0. The van der Waals surface area contributed by atoms with E-state index in [4.69, 9.17) is 4.74 Å². The second kappa shape index (κ2) is 17.0. The number of anilines is 2. The molecule has 2 aromatic carbocycles. The zero-order valence-corrected chi connectivity index (χ0v) is 33.0. The van der Waals surface area contributed by atoms with Gasteiger partial charge in [0.2, 0.25) is 20.2 Å². The molecule has 8 nitrogen and oxygen atoms in total. The highest BCUT2D eigenvalue weighted by atomic mass is 28.4. The van der Waals surface area contributed by atoms with Crippen LogP contribution >= 0.6 is 0 Å². The molecule has 0 saturated carbocycles. The zero-order chi connectivity index (χ0) is 37.6. The maximum Gasteiger partial charge on any atom is 0.264 e. The molecular weight excluding hydrogens is 674 g/mol. The Kier molecular flexibility index (Phi) is 13.0. The molecule has 0 aromatic heterocycles. The normalized spacial score (nSPS) is 23.8. The maximum atomic E-state index is 16.6. The fourth-order valence-electron chi connectivity index (χ4n) is 8.47. The third kappa shape index (κ3) is 8.61. The van der Waals surface area contributed by atoms with Crippen molar-refractivity contribution in [3.63, 3.8) is 0 Å². The third-order valence-electron chi connectivity index (χ3n) is 11.1. The van der Waals surface area contributed by atoms with Gasteiger partial charge in [-0.25, -0.2) is 0 Å². The lowest BCUT2D eigenvalue weighted by atomic mass is 9.82. The number of fused-ring (bicyclic) bond motifs is 2. The molecule has 0 bridgehead atoms. The van der Waals surface area contributed by atoms with Gasteiger partial charge in [0.15, 0.2) is 5.60 Å². The van der Waals surface area contributed by atoms with E-state index in [0.717, 1.165) is 49.7 Å². The van der Waals surface area contributed by atoms with Crippen LogP contribution in [0.1, 0.15) is 90.2 Å². The summed E-state index contributed by atoms with van der Waals surface area (Å²) in [6.07, 6.45) is 9.41. The quantitative estimate of drug-likeness (QED) is 0.128. The van der Waals surface area contributed by atoms with Crippen LogP contribution in [-0.4, -0.2) is 68.5 Å². The first-order chi connectivity index (χ1) is 24.8. The minimum Gasteiger partial charge on any atom is -0.395 e. The van der Waals surface area contributed by atoms with Crippen LogP contribution in [0.3, 0.4) is 0 Å². The van der Waals surface area contributed by atoms with Crippen molar-refractivity contribution in [3.8, 4) is 0 Å². The molecular formula is C42H58FN3O5Si. The Labute approximate surface area is 310 Å². The Morgan fingerprint density at radius 1 is 1.06 bits per heavy atom. The van der Waals surface area contributed by atoms with Crippen LogP contribution in [-0.2, 0) is 31.3 Å². The number of aliphatic hydroxyl groups excluding tert-OH is 1. The van der Waals surface area contributed by atoms with Crippen molar-refractivity contribution in [1.29, 1.82) is 0 Å². The number of hydrogen-bond acceptors (Lipinski definition) is 5. The molecule has 2 aromatic rings. The van der Waals surface area contributed by atoms with Crippen molar-refractivity contribution < 1.29 is 28.3 Å². The highest BCUT2D eigenvalue weighted by Crippen LogP contribution is 2.60. The fourth-order valence-corrected chi connectivity index (χ4v) is 11.0. The van der Waals surface area contributed by atoms with Gasteiger partial charge in [-0.2, -0.15) is 0 Å². The summed E-state index contributed by atoms with van der Waals surface area (Å²) in [5, 5.41) is 9.87. The molecule has 2 fully saturated rings. The summed E-state index contributed by atoms with van der Waals surface area (Å²) in [6.45, 7) is 12.6. The van der Waals surface area contributed by atoms with Gasteiger partial charge in [-0.1, -0.05) is 73.4 Å². The van der Waals surface area contributed by atoms with Gasteiger partial charge in [-0.05, 0) is 83.3 Å². The Morgan fingerprint density at radius 3 is 2.48 bits per heavy atom. The summed E-state index contributed by atoms with van der Waals surface area (Å²) in [7, 11) is -3.54. The standard InChI is InChI=1S/C42H58FN3O5Si/c1-30(2)15-14-16-31(3)22-24-46-36-21-20-34(45-23-13-8-7-12-19-38(45)48)27-35(36)42(41(46)50)32(4)40(52(5,6)43)37(51-42)28-39(49)44(25-26-47)29-33-17-10-9-11-18-33/h9-11,15,17-18,20-22,27,32,37,40,47H,7-8,12-14,16,19,23-26,28-29H2,1-6H3/b31-22+/t32-,37+,40-,42+/m1/s1. The number of ether oxygens (including phenoxy) is 1. The van der Waals surface area contributed by atoms with Gasteiger partial charge >= 0.3 is 0 Å². The molecule has 0 radical (unpaired) electrons. The summed E-state index contributed by atoms with van der Waals surface area (Å²) in [5.74, 6) is -1.03. The van der Waals surface area contributed by atoms with E-state index in [9.17, 15) is 19.5 Å². The average Bonchev–Trinajstić information content (AvgIpc) is 3.51. The van der Waals surface area contributed by atoms with Crippen LogP contribution in [0.15, 0.2) is 71.8 Å². The molecule has 0 aliphatic carbocycles. The van der Waals surface area contributed by atoms with E-state index in [0.29, 0.717) is 43.0 Å². The predicted octanol–water partition coefficient (Wildman–Crippen LogP) is 8.21. The molecule has 1 N–H and O–H groups in total. The van der Waals surface area contributed by atoms with Gasteiger partial charge in [0, 0.05) is 55.3 Å². The van der Waals surface area contributed by atoms with Crippen LogP contribution in [0.25, 0.3) is 0 Å². The number of nitrogens with zero attached hydrogens (tertiary/aromatic N) is 3. The number of halogens is 1. The number of carbonyl (C=O) groups is 3. The highest BCUT2D eigenvalue weighted by molar-refractivity contribution is 6.72. The van der Waals surface area contributed by atoms with Gasteiger partial charge in [0.1, 0.15) is 0 Å². The lowest BCUT2D eigenvalue weighted by Gasteiger charge is -2.32. The summed E-state index contributed by atoms with van der Waals surface area (Å²) in [6, 6.07) is 15.3. The fraction of sp³-hybridized carbons (Fsp3) is 0.548. The summed E-state index contributed by atoms with van der Waals surface area (Å²) < 4.78 is 23.6. The first-order valence-corrected chi connectivity index (χ1v) is 22.1. The van der Waals surface area contributed by atoms with Crippen molar-refractivity contribution in [2.75, 3.05) is 36.0 Å². The van der Waals surface area contributed by atoms with E-state index in [1.54, 1.807) is 22.9 Å². The molecule has 3 aliphatic rings. The van der Waals surface area contributed by atoms with Crippen molar-refractivity contribution in [2.24, 2.45) is 5.92 Å². The Morgan fingerprint density at radius 2 is 1.79 bits per heavy atom. The summed E-state index contributed by atoms with van der Waals surface area (Å²) in [4.78, 5) is 47.5. The molecule has 282 valence electrons. The topological polar surface area (TPSA) is 90.4 Å². The predicted molar refractivity (Wildman–Crippen MR) is 208 cm³/mol. The van der Waals surface area contributed by atoms with Crippen LogP contribution in [0.4, 0.5) is 15.5 Å². The molecule has 2 saturated heterocycles. The van der Waals surface area contributed by atoms with Crippen molar-refractivity contribution >= 4 is 37.5 Å². The third-order valence-corrected chi connectivity index (χ3v) is 13.6. The molecule has 4 atom stereocenters. The van der Waals surface area contributed by atoms with Crippen LogP contribution in [0.5, 0.6) is 0 Å². The SMILES string of the molecule is CC(C)=CCC/C(C)=C/CN1C(=O)[C@@]2(O[C@@H](CC(=O)N(CCO)Cc3ccccc3)[C@H]([Si](C)(C)F)[C@H]2C)c2cc(N3CCCCCCC3=O)ccc21. The van der Waals surface area contributed by atoms with E-state index in [1.807, 2.05) is 60.4 Å². The number of aliphatic hydroxyl groups is 1. The number of amides is 3. The molecule has 3 heterocycles. The largest absolute Gasteiger partial charge is 0.395 e. The maximum absolute atomic E-state index is 16.6. The minimum absolute atomic E-state index is 0.0613. The minimum atomic E-state index is -3.54. The number of allylic oxidation sites excluding steroid dienone is 3.